The van der Waals surface area contributed by atoms with Crippen LogP contribution in [0.25, 0.3) is 0 Å². The van der Waals surface area contributed by atoms with Gasteiger partial charge in [-0.2, -0.15) is 0 Å². The fourth-order valence-electron chi connectivity index (χ4n) is 1.15. The van der Waals surface area contributed by atoms with Crippen molar-refractivity contribution < 1.29 is 19.2 Å². The number of rotatable bonds is 5. The van der Waals surface area contributed by atoms with E-state index >= 15 is 0 Å². The highest BCUT2D eigenvalue weighted by atomic mass is 19.1. The Hall–Kier alpha value is -2.01. The van der Waals surface area contributed by atoms with Crippen LogP contribution in [0.4, 0.5) is 10.1 Å². The minimum Gasteiger partial charge on any atom is -0.462 e. The molecule has 0 bridgehead atoms. The van der Waals surface area contributed by atoms with E-state index in [9.17, 15) is 9.18 Å². The molecular formula is C12H14FN2O2+. The summed E-state index contributed by atoms with van der Waals surface area (Å²) in [7, 11) is 0. The van der Waals surface area contributed by atoms with Gasteiger partial charge in [-0.05, 0) is 19.1 Å². The summed E-state index contributed by atoms with van der Waals surface area (Å²) in [6.45, 7) is 1.96. The molecule has 0 aromatic heterocycles. The Balaban J connectivity index is 2.70. The molecule has 1 aromatic rings. The Morgan fingerprint density at radius 2 is 2.12 bits per heavy atom. The van der Waals surface area contributed by atoms with E-state index in [-0.39, 0.29) is 18.0 Å². The molecule has 1 aromatic carbocycles. The average Bonchev–Trinajstić information content (AvgIpc) is 2.32. The zero-order valence-electron chi connectivity index (χ0n) is 9.44. The maximum atomic E-state index is 12.6. The van der Waals surface area contributed by atoms with Crippen molar-refractivity contribution in [2.24, 2.45) is 0 Å². The Bertz CT molecular complexity index is 427. The maximum absolute atomic E-state index is 12.6. The molecule has 0 saturated heterocycles. The second kappa shape index (κ2) is 6.55. The molecule has 0 radical (unpaired) electrons. The highest BCUT2D eigenvalue weighted by Gasteiger charge is 2.09. The van der Waals surface area contributed by atoms with Gasteiger partial charge in [0.25, 0.3) is 0 Å². The second-order valence-electron chi connectivity index (χ2n) is 3.21. The molecule has 5 heteroatoms. The van der Waals surface area contributed by atoms with Crippen LogP contribution in [0.3, 0.4) is 0 Å². The van der Waals surface area contributed by atoms with Crippen molar-refractivity contribution >= 4 is 17.9 Å². The summed E-state index contributed by atoms with van der Waals surface area (Å²) in [5.41, 5.74) is 0.895. The van der Waals surface area contributed by atoms with E-state index in [1.54, 1.807) is 24.4 Å². The molecule has 0 saturated carbocycles. The predicted molar refractivity (Wildman–Crippen MR) is 61.5 cm³/mol. The number of halogens is 1. The van der Waals surface area contributed by atoms with E-state index < -0.39 is 5.97 Å². The summed E-state index contributed by atoms with van der Waals surface area (Å²) < 4.78 is 17.4. The molecule has 0 spiro atoms. The molecule has 0 atom stereocenters. The van der Waals surface area contributed by atoms with E-state index in [0.717, 1.165) is 11.9 Å². The van der Waals surface area contributed by atoms with E-state index in [2.05, 4.69) is 0 Å². The number of esters is 1. The van der Waals surface area contributed by atoms with Crippen molar-refractivity contribution in [3.8, 4) is 0 Å². The normalized spacial score (nSPS) is 11.1. The summed E-state index contributed by atoms with van der Waals surface area (Å²) >= 11 is 0. The van der Waals surface area contributed by atoms with Gasteiger partial charge in [-0.3, -0.25) is 5.32 Å². The van der Waals surface area contributed by atoms with Crippen LogP contribution < -0.4 is 5.32 Å². The lowest BCUT2D eigenvalue weighted by Crippen LogP contribution is -2.71. The van der Waals surface area contributed by atoms with Crippen molar-refractivity contribution in [2.45, 2.75) is 6.92 Å². The van der Waals surface area contributed by atoms with E-state index in [1.807, 2.05) is 0 Å². The van der Waals surface area contributed by atoms with Crippen LogP contribution in [-0.4, -0.2) is 18.8 Å². The lowest BCUT2D eigenvalue weighted by atomic mass is 10.3. The molecule has 0 amide bonds. The van der Waals surface area contributed by atoms with Crippen LogP contribution in [-0.2, 0) is 9.53 Å². The first kappa shape index (κ1) is 13.1. The molecule has 0 unspecified atom stereocenters. The van der Waals surface area contributed by atoms with Crippen LogP contribution in [0, 0.1) is 11.2 Å². The third-order valence-corrected chi connectivity index (χ3v) is 1.99. The molecule has 0 aliphatic heterocycles. The number of hydrogen-bond acceptors (Lipinski definition) is 3. The summed E-state index contributed by atoms with van der Waals surface area (Å²) in [5, 5.41) is 8.72. The van der Waals surface area contributed by atoms with Crippen LogP contribution in [0.2, 0.25) is 0 Å². The van der Waals surface area contributed by atoms with Gasteiger partial charge in [0.1, 0.15) is 23.3 Å². The third kappa shape index (κ3) is 4.16. The predicted octanol–water partition coefficient (Wildman–Crippen LogP) is 1.12. The lowest BCUT2D eigenvalue weighted by molar-refractivity contribution is -0.496. The van der Waals surface area contributed by atoms with Crippen LogP contribution in [0.1, 0.15) is 6.92 Å². The summed E-state index contributed by atoms with van der Waals surface area (Å²) in [4.78, 5) is 11.3. The number of nitrogens with two attached hydrogens (primary N) is 1. The maximum Gasteiger partial charge on any atom is 0.345 e. The van der Waals surface area contributed by atoms with E-state index in [1.165, 1.54) is 18.3 Å². The molecular weight excluding hydrogens is 223 g/mol. The zero-order chi connectivity index (χ0) is 12.7. The number of ether oxygens (including phenoxy) is 1. The van der Waals surface area contributed by atoms with Crippen LogP contribution in [0.5, 0.6) is 0 Å². The lowest BCUT2D eigenvalue weighted by Gasteiger charge is -2.00. The number of quaternary nitrogens is 1. The summed E-state index contributed by atoms with van der Waals surface area (Å²) in [5.74, 6) is -0.857. The molecule has 3 N–H and O–H groups in total. The molecule has 0 heterocycles. The molecule has 0 aliphatic rings. The number of hydrogen-bond donors (Lipinski definition) is 2. The summed E-state index contributed by atoms with van der Waals surface area (Å²) in [6.07, 6.45) is 2.40. The van der Waals surface area contributed by atoms with Crippen molar-refractivity contribution in [3.05, 3.63) is 41.9 Å². The van der Waals surface area contributed by atoms with Crippen molar-refractivity contribution in [2.75, 3.05) is 6.61 Å². The van der Waals surface area contributed by atoms with Gasteiger partial charge >= 0.3 is 5.97 Å². The first-order chi connectivity index (χ1) is 8.17. The monoisotopic (exact) mass is 237 g/mol. The van der Waals surface area contributed by atoms with E-state index in [0.29, 0.717) is 0 Å². The number of carbonyl (C=O) groups is 1. The quantitative estimate of drug-likeness (QED) is 0.349. The zero-order valence-corrected chi connectivity index (χ0v) is 9.44. The average molecular weight is 237 g/mol. The van der Waals surface area contributed by atoms with Crippen molar-refractivity contribution in [1.29, 1.82) is 5.41 Å². The standard InChI is InChI=1S/C12H13FN2O2/c1-2-17-12(16)9(7-14)8-15-11-5-3-10(13)4-6-11/h3-8,14-15H,2H2,1H3/p+1. The van der Waals surface area contributed by atoms with Crippen molar-refractivity contribution in [1.82, 2.24) is 0 Å². The smallest absolute Gasteiger partial charge is 0.345 e. The summed E-state index contributed by atoms with van der Waals surface area (Å²) in [6, 6.07) is 5.82. The number of nitrogens with one attached hydrogen (secondary N) is 1. The minimum atomic E-state index is -0.541. The van der Waals surface area contributed by atoms with Gasteiger partial charge in [0.15, 0.2) is 0 Å². The Kier molecular flexibility index (Phi) is 5.03. The van der Waals surface area contributed by atoms with Gasteiger partial charge in [0.2, 0.25) is 0 Å². The van der Waals surface area contributed by atoms with Gasteiger partial charge in [-0.15, -0.1) is 0 Å². The minimum absolute atomic E-state index is 0.149. The molecule has 90 valence electrons. The van der Waals surface area contributed by atoms with Crippen molar-refractivity contribution in [3.63, 3.8) is 0 Å². The number of benzene rings is 1. The molecule has 17 heavy (non-hydrogen) atoms. The van der Waals surface area contributed by atoms with Crippen LogP contribution in [0.15, 0.2) is 36.0 Å². The first-order valence-corrected chi connectivity index (χ1v) is 5.15. The fraction of sp³-hybridized carbons (Fsp3) is 0.167. The van der Waals surface area contributed by atoms with Gasteiger partial charge in [-0.1, -0.05) is 0 Å². The first-order valence-electron chi connectivity index (χ1n) is 5.15. The highest BCUT2D eigenvalue weighted by Crippen LogP contribution is 2.02. The van der Waals surface area contributed by atoms with Gasteiger partial charge in [-0.25, -0.2) is 9.18 Å². The number of carbonyl (C=O) groups excluding carboxylic acids is 1. The highest BCUT2D eigenvalue weighted by molar-refractivity contribution is 6.08. The SMILES string of the molecule is CCOC(=O)C(C=N)=C[NH2+]c1ccc(F)cc1. The Morgan fingerprint density at radius 1 is 1.47 bits per heavy atom. The Morgan fingerprint density at radius 3 is 2.65 bits per heavy atom. The van der Waals surface area contributed by atoms with Gasteiger partial charge in [0.05, 0.1) is 6.61 Å². The Labute approximate surface area is 98.6 Å². The van der Waals surface area contributed by atoms with Crippen LogP contribution >= 0.6 is 0 Å². The fourth-order valence-corrected chi connectivity index (χ4v) is 1.15. The molecule has 0 aliphatic carbocycles. The van der Waals surface area contributed by atoms with E-state index in [4.69, 9.17) is 10.1 Å². The molecule has 1 rings (SSSR count). The third-order valence-electron chi connectivity index (χ3n) is 1.99. The molecule has 0 fully saturated rings. The topological polar surface area (TPSA) is 66.8 Å². The van der Waals surface area contributed by atoms with Gasteiger partial charge in [0, 0.05) is 18.3 Å². The second-order valence-corrected chi connectivity index (χ2v) is 3.21. The molecule has 4 nitrogen and oxygen atoms in total. The largest absolute Gasteiger partial charge is 0.462 e. The van der Waals surface area contributed by atoms with Gasteiger partial charge < -0.3 is 10.1 Å².